The molecule has 1 aromatic carbocycles. The highest BCUT2D eigenvalue weighted by Gasteiger charge is 2.22. The molecular formula is C16H24N2O. The van der Waals surface area contributed by atoms with Crippen LogP contribution in [0.5, 0.6) is 5.75 Å². The fraction of sp³-hybridized carbons (Fsp3) is 0.562. The van der Waals surface area contributed by atoms with E-state index >= 15 is 0 Å². The van der Waals surface area contributed by atoms with Crippen LogP contribution in [-0.2, 0) is 0 Å². The summed E-state index contributed by atoms with van der Waals surface area (Å²) in [4.78, 5) is 0. The minimum Gasteiger partial charge on any atom is -0.490 e. The molecule has 1 rings (SSSR count). The lowest BCUT2D eigenvalue weighted by molar-refractivity contribution is 0.189. The van der Waals surface area contributed by atoms with Gasteiger partial charge in [0, 0.05) is 6.42 Å². The molecule has 0 fully saturated rings. The van der Waals surface area contributed by atoms with E-state index in [4.69, 9.17) is 15.7 Å². The van der Waals surface area contributed by atoms with Gasteiger partial charge in [0.1, 0.15) is 11.3 Å². The van der Waals surface area contributed by atoms with E-state index in [9.17, 15) is 0 Å². The molecule has 0 bridgehead atoms. The van der Waals surface area contributed by atoms with Crippen LogP contribution in [0.4, 0.5) is 0 Å². The Morgan fingerprint density at radius 2 is 2.00 bits per heavy atom. The molecule has 0 saturated carbocycles. The Kier molecular flexibility index (Phi) is 4.97. The van der Waals surface area contributed by atoms with Gasteiger partial charge in [0.2, 0.25) is 0 Å². The molecule has 104 valence electrons. The smallest absolute Gasteiger partial charge is 0.123 e. The number of hydrogen-bond acceptors (Lipinski definition) is 3. The Morgan fingerprint density at radius 1 is 1.37 bits per heavy atom. The highest BCUT2D eigenvalue weighted by molar-refractivity contribution is 5.39. The van der Waals surface area contributed by atoms with Crippen LogP contribution in [0.3, 0.4) is 0 Å². The van der Waals surface area contributed by atoms with E-state index < -0.39 is 5.54 Å². The molecular weight excluding hydrogens is 236 g/mol. The summed E-state index contributed by atoms with van der Waals surface area (Å²) in [6, 6.07) is 8.35. The third-order valence-corrected chi connectivity index (χ3v) is 3.09. The van der Waals surface area contributed by atoms with E-state index in [1.54, 1.807) is 6.92 Å². The first kappa shape index (κ1) is 15.5. The molecule has 0 aliphatic carbocycles. The van der Waals surface area contributed by atoms with Crippen LogP contribution in [0.15, 0.2) is 18.2 Å². The van der Waals surface area contributed by atoms with E-state index in [-0.39, 0.29) is 6.10 Å². The number of aryl methyl sites for hydroxylation is 1. The maximum Gasteiger partial charge on any atom is 0.123 e. The molecule has 19 heavy (non-hydrogen) atoms. The maximum absolute atomic E-state index is 8.97. The standard InChI is InChI=1S/C16H24N2O/c1-11(2)14-7-6-12(3)8-15(14)19-13(4)9-16(5,18)10-17/h6-8,11,13H,9,18H2,1-5H3. The third kappa shape index (κ3) is 4.57. The summed E-state index contributed by atoms with van der Waals surface area (Å²) in [7, 11) is 0. The number of nitrogens with zero attached hydrogens (tertiary/aromatic N) is 1. The molecule has 3 heteroatoms. The van der Waals surface area contributed by atoms with Gasteiger partial charge in [-0.3, -0.25) is 0 Å². The normalized spacial score (nSPS) is 15.7. The van der Waals surface area contributed by atoms with Crippen molar-refractivity contribution in [3.8, 4) is 11.8 Å². The lowest BCUT2D eigenvalue weighted by atomic mass is 9.97. The van der Waals surface area contributed by atoms with Crippen molar-refractivity contribution in [2.24, 2.45) is 5.73 Å². The zero-order valence-corrected chi connectivity index (χ0v) is 12.5. The fourth-order valence-electron chi connectivity index (χ4n) is 2.12. The lowest BCUT2D eigenvalue weighted by Gasteiger charge is -2.24. The highest BCUT2D eigenvalue weighted by Crippen LogP contribution is 2.29. The van der Waals surface area contributed by atoms with Crippen LogP contribution >= 0.6 is 0 Å². The average Bonchev–Trinajstić information content (AvgIpc) is 2.27. The average molecular weight is 260 g/mol. The van der Waals surface area contributed by atoms with Gasteiger partial charge in [-0.2, -0.15) is 5.26 Å². The Balaban J connectivity index is 2.87. The predicted molar refractivity (Wildman–Crippen MR) is 78.2 cm³/mol. The van der Waals surface area contributed by atoms with Crippen LogP contribution in [0.2, 0.25) is 0 Å². The van der Waals surface area contributed by atoms with Crippen molar-refractivity contribution in [1.29, 1.82) is 5.26 Å². The SMILES string of the molecule is Cc1ccc(C(C)C)c(OC(C)CC(C)(N)C#N)c1. The molecule has 2 unspecified atom stereocenters. The van der Waals surface area contributed by atoms with Gasteiger partial charge < -0.3 is 10.5 Å². The van der Waals surface area contributed by atoms with Gasteiger partial charge in [0.25, 0.3) is 0 Å². The van der Waals surface area contributed by atoms with Crippen molar-refractivity contribution >= 4 is 0 Å². The van der Waals surface area contributed by atoms with Crippen molar-refractivity contribution in [2.75, 3.05) is 0 Å². The molecule has 0 amide bonds. The van der Waals surface area contributed by atoms with Gasteiger partial charge >= 0.3 is 0 Å². The number of nitrogens with two attached hydrogens (primary N) is 1. The summed E-state index contributed by atoms with van der Waals surface area (Å²) in [5.41, 5.74) is 7.37. The van der Waals surface area contributed by atoms with Gasteiger partial charge in [0.15, 0.2) is 0 Å². The number of nitriles is 1. The minimum atomic E-state index is -0.846. The second-order valence-electron chi connectivity index (χ2n) is 5.86. The second-order valence-corrected chi connectivity index (χ2v) is 5.86. The van der Waals surface area contributed by atoms with Gasteiger partial charge in [0.05, 0.1) is 12.2 Å². The van der Waals surface area contributed by atoms with Crippen molar-refractivity contribution in [3.05, 3.63) is 29.3 Å². The molecule has 0 spiro atoms. The molecule has 0 aromatic heterocycles. The van der Waals surface area contributed by atoms with E-state index in [1.165, 1.54) is 11.1 Å². The van der Waals surface area contributed by atoms with Gasteiger partial charge in [-0.25, -0.2) is 0 Å². The summed E-state index contributed by atoms with van der Waals surface area (Å²) < 4.78 is 5.99. The first-order valence-electron chi connectivity index (χ1n) is 6.72. The number of ether oxygens (including phenoxy) is 1. The van der Waals surface area contributed by atoms with Crippen molar-refractivity contribution < 1.29 is 4.74 Å². The van der Waals surface area contributed by atoms with Crippen LogP contribution in [0.1, 0.15) is 51.2 Å². The van der Waals surface area contributed by atoms with Crippen LogP contribution in [-0.4, -0.2) is 11.6 Å². The Labute approximate surface area is 116 Å². The van der Waals surface area contributed by atoms with Crippen LogP contribution in [0.25, 0.3) is 0 Å². The van der Waals surface area contributed by atoms with Gasteiger partial charge in [-0.1, -0.05) is 26.0 Å². The molecule has 0 radical (unpaired) electrons. The van der Waals surface area contributed by atoms with Crippen LogP contribution in [0, 0.1) is 18.3 Å². The summed E-state index contributed by atoms with van der Waals surface area (Å²) >= 11 is 0. The van der Waals surface area contributed by atoms with Crippen molar-refractivity contribution in [3.63, 3.8) is 0 Å². The molecule has 3 nitrogen and oxygen atoms in total. The summed E-state index contributed by atoms with van der Waals surface area (Å²) in [5.74, 6) is 1.30. The quantitative estimate of drug-likeness (QED) is 0.881. The molecule has 1 aromatic rings. The van der Waals surface area contributed by atoms with Crippen molar-refractivity contribution in [1.82, 2.24) is 0 Å². The highest BCUT2D eigenvalue weighted by atomic mass is 16.5. The van der Waals surface area contributed by atoms with E-state index in [2.05, 4.69) is 32.0 Å². The van der Waals surface area contributed by atoms with Crippen LogP contribution < -0.4 is 10.5 Å². The molecule has 0 aliphatic heterocycles. The second kappa shape index (κ2) is 6.08. The van der Waals surface area contributed by atoms with E-state index in [0.717, 1.165) is 5.75 Å². The summed E-state index contributed by atoms with van der Waals surface area (Å²) in [6.45, 7) is 10.0. The molecule has 2 N–H and O–H groups in total. The monoisotopic (exact) mass is 260 g/mol. The zero-order valence-electron chi connectivity index (χ0n) is 12.5. The topological polar surface area (TPSA) is 59.0 Å². The van der Waals surface area contributed by atoms with E-state index in [0.29, 0.717) is 12.3 Å². The van der Waals surface area contributed by atoms with E-state index in [1.807, 2.05) is 19.9 Å². The molecule has 0 aliphatic rings. The molecule has 2 atom stereocenters. The van der Waals surface area contributed by atoms with Crippen molar-refractivity contribution in [2.45, 2.75) is 58.6 Å². The Morgan fingerprint density at radius 3 is 2.53 bits per heavy atom. The first-order valence-corrected chi connectivity index (χ1v) is 6.72. The van der Waals surface area contributed by atoms with Gasteiger partial charge in [-0.05, 0) is 43.9 Å². The first-order chi connectivity index (χ1) is 8.75. The predicted octanol–water partition coefficient (Wildman–Crippen LogP) is 3.52. The molecule has 0 heterocycles. The number of benzene rings is 1. The number of rotatable bonds is 5. The lowest BCUT2D eigenvalue weighted by Crippen LogP contribution is -2.38. The summed E-state index contributed by atoms with van der Waals surface area (Å²) in [5, 5.41) is 8.97. The zero-order chi connectivity index (χ0) is 14.6. The maximum atomic E-state index is 8.97. The third-order valence-electron chi connectivity index (χ3n) is 3.09. The molecule has 0 saturated heterocycles. The number of hydrogen-bond donors (Lipinski definition) is 1. The Hall–Kier alpha value is -1.53. The fourth-order valence-corrected chi connectivity index (χ4v) is 2.12. The van der Waals surface area contributed by atoms with Gasteiger partial charge in [-0.15, -0.1) is 0 Å². The summed E-state index contributed by atoms with van der Waals surface area (Å²) in [6.07, 6.45) is 0.420. The largest absolute Gasteiger partial charge is 0.490 e. The minimum absolute atomic E-state index is 0.0889. The Bertz CT molecular complexity index is 472.